The van der Waals surface area contributed by atoms with Crippen molar-refractivity contribution in [2.75, 3.05) is 40.0 Å². The summed E-state index contributed by atoms with van der Waals surface area (Å²) in [4.78, 5) is 28.5. The molecule has 2 N–H and O–H groups in total. The molecule has 0 aromatic heterocycles. The van der Waals surface area contributed by atoms with E-state index in [-0.39, 0.29) is 11.9 Å². The molecule has 3 aliphatic rings. The fourth-order valence-electron chi connectivity index (χ4n) is 4.41. The highest BCUT2D eigenvalue weighted by atomic mass is 16.7. The quantitative estimate of drug-likeness (QED) is 0.730. The Bertz CT molecular complexity index is 785. The summed E-state index contributed by atoms with van der Waals surface area (Å²) in [5, 5.41) is 5.41. The van der Waals surface area contributed by atoms with Crippen LogP contribution in [-0.2, 0) is 17.8 Å². The zero-order chi connectivity index (χ0) is 20.9. The molecule has 0 bridgehead atoms. The predicted octanol–water partition coefficient (Wildman–Crippen LogP) is 1.86. The Morgan fingerprint density at radius 3 is 2.43 bits per heavy atom. The van der Waals surface area contributed by atoms with Crippen LogP contribution in [0.3, 0.4) is 0 Å². The van der Waals surface area contributed by atoms with Crippen LogP contribution in [0.1, 0.15) is 43.2 Å². The second-order valence-electron chi connectivity index (χ2n) is 8.46. The molecular formula is C22H32N4O4. The van der Waals surface area contributed by atoms with Gasteiger partial charge in [-0.3, -0.25) is 4.79 Å². The molecule has 0 radical (unpaired) electrons. The second-order valence-corrected chi connectivity index (χ2v) is 8.46. The second kappa shape index (κ2) is 9.55. The summed E-state index contributed by atoms with van der Waals surface area (Å²) in [5.74, 6) is 1.74. The minimum absolute atomic E-state index is 0.0341. The third kappa shape index (κ3) is 4.98. The van der Waals surface area contributed by atoms with Crippen LogP contribution < -0.4 is 20.1 Å². The van der Waals surface area contributed by atoms with Crippen LogP contribution in [-0.4, -0.2) is 67.8 Å². The van der Waals surface area contributed by atoms with Gasteiger partial charge >= 0.3 is 6.03 Å². The molecular weight excluding hydrogens is 384 g/mol. The lowest BCUT2D eigenvalue weighted by molar-refractivity contribution is -0.132. The van der Waals surface area contributed by atoms with E-state index < -0.39 is 6.04 Å². The van der Waals surface area contributed by atoms with Crippen molar-refractivity contribution in [1.82, 2.24) is 20.4 Å². The minimum atomic E-state index is -0.435. The van der Waals surface area contributed by atoms with Gasteiger partial charge in [-0.25, -0.2) is 4.79 Å². The van der Waals surface area contributed by atoms with Crippen molar-refractivity contribution in [3.05, 3.63) is 23.3 Å². The van der Waals surface area contributed by atoms with E-state index in [1.54, 1.807) is 0 Å². The van der Waals surface area contributed by atoms with Gasteiger partial charge in [0.15, 0.2) is 11.5 Å². The number of hydrogen-bond acceptors (Lipinski definition) is 5. The summed E-state index contributed by atoms with van der Waals surface area (Å²) in [7, 11) is 2.14. The first-order chi connectivity index (χ1) is 14.6. The Morgan fingerprint density at radius 2 is 1.70 bits per heavy atom. The van der Waals surface area contributed by atoms with Crippen LogP contribution in [0.2, 0.25) is 0 Å². The number of ether oxygens (including phenoxy) is 2. The number of carbonyl (C=O) groups excluding carboxylic acids is 2. The number of aryl methyl sites for hydroxylation is 1. The van der Waals surface area contributed by atoms with Gasteiger partial charge in [0.1, 0.15) is 6.04 Å². The first-order valence-corrected chi connectivity index (χ1v) is 11.0. The molecule has 1 fully saturated rings. The lowest BCUT2D eigenvalue weighted by Gasteiger charge is -2.26. The maximum absolute atomic E-state index is 12.9. The maximum Gasteiger partial charge on any atom is 0.315 e. The monoisotopic (exact) mass is 416 g/mol. The van der Waals surface area contributed by atoms with E-state index in [4.69, 9.17) is 9.47 Å². The molecule has 3 heterocycles. The maximum atomic E-state index is 12.9. The highest BCUT2D eigenvalue weighted by Gasteiger charge is 2.30. The van der Waals surface area contributed by atoms with Crippen LogP contribution in [0.5, 0.6) is 11.5 Å². The summed E-state index contributed by atoms with van der Waals surface area (Å²) in [6.45, 7) is 4.02. The molecule has 8 heteroatoms. The molecule has 0 spiro atoms. The zero-order valence-electron chi connectivity index (χ0n) is 17.7. The van der Waals surface area contributed by atoms with Gasteiger partial charge < -0.3 is 29.9 Å². The number of nitrogens with zero attached hydrogens (tertiary/aromatic N) is 2. The van der Waals surface area contributed by atoms with Crippen molar-refractivity contribution in [2.45, 2.75) is 51.1 Å². The van der Waals surface area contributed by atoms with Gasteiger partial charge in [0.05, 0.1) is 0 Å². The number of fused-ring (bicyclic) bond motifs is 2. The highest BCUT2D eigenvalue weighted by molar-refractivity contribution is 5.90. The number of amides is 3. The molecule has 1 unspecified atom stereocenters. The normalized spacial score (nSPS) is 23.3. The van der Waals surface area contributed by atoms with E-state index in [0.717, 1.165) is 76.2 Å². The van der Waals surface area contributed by atoms with E-state index in [9.17, 15) is 9.59 Å². The number of rotatable bonds is 1. The topological polar surface area (TPSA) is 83.1 Å². The van der Waals surface area contributed by atoms with Gasteiger partial charge in [0.25, 0.3) is 0 Å². The standard InChI is InChI=1S/C22H32N4O4/c1-25-8-5-6-10-26(21(27)18-13-23-22(28)24-18)9-4-2-3-7-16-11-19-20(30-15-29-19)12-17(16)14-25/h11-12,18H,2-10,13-15H2,1H3,(H2,23,24,28). The summed E-state index contributed by atoms with van der Waals surface area (Å²) in [5.41, 5.74) is 2.65. The van der Waals surface area contributed by atoms with E-state index in [0.29, 0.717) is 13.3 Å². The predicted molar refractivity (Wildman–Crippen MR) is 113 cm³/mol. The molecule has 0 saturated carbocycles. The molecule has 3 amide bonds. The molecule has 3 aliphatic heterocycles. The van der Waals surface area contributed by atoms with Crippen molar-refractivity contribution in [2.24, 2.45) is 0 Å². The number of hydrogen-bond donors (Lipinski definition) is 2. The average molecular weight is 417 g/mol. The van der Waals surface area contributed by atoms with Gasteiger partial charge in [-0.1, -0.05) is 6.42 Å². The van der Waals surface area contributed by atoms with Crippen LogP contribution in [0, 0.1) is 0 Å². The van der Waals surface area contributed by atoms with E-state index in [1.165, 1.54) is 11.1 Å². The van der Waals surface area contributed by atoms with Crippen LogP contribution in [0.15, 0.2) is 12.1 Å². The summed E-state index contributed by atoms with van der Waals surface area (Å²) in [6, 6.07) is 3.60. The Morgan fingerprint density at radius 1 is 1.00 bits per heavy atom. The van der Waals surface area contributed by atoms with Gasteiger partial charge in [0, 0.05) is 26.2 Å². The molecule has 0 aliphatic carbocycles. The Hall–Kier alpha value is -2.48. The first-order valence-electron chi connectivity index (χ1n) is 11.0. The van der Waals surface area contributed by atoms with Gasteiger partial charge in [-0.2, -0.15) is 0 Å². The molecule has 1 saturated heterocycles. The van der Waals surface area contributed by atoms with Crippen LogP contribution in [0.4, 0.5) is 4.79 Å². The van der Waals surface area contributed by atoms with Crippen LogP contribution >= 0.6 is 0 Å². The molecule has 4 rings (SSSR count). The number of urea groups is 1. The zero-order valence-corrected chi connectivity index (χ0v) is 17.7. The lowest BCUT2D eigenvalue weighted by atomic mass is 9.99. The largest absolute Gasteiger partial charge is 0.454 e. The van der Waals surface area contributed by atoms with Crippen molar-refractivity contribution in [3.63, 3.8) is 0 Å². The molecule has 164 valence electrons. The fourth-order valence-corrected chi connectivity index (χ4v) is 4.41. The summed E-state index contributed by atoms with van der Waals surface area (Å²) < 4.78 is 11.2. The first kappa shape index (κ1) is 20.8. The van der Waals surface area contributed by atoms with E-state index in [2.05, 4.69) is 34.7 Å². The average Bonchev–Trinajstić information content (AvgIpc) is 3.36. The number of nitrogens with one attached hydrogen (secondary N) is 2. The Labute approximate surface area is 177 Å². The molecule has 1 aromatic carbocycles. The van der Waals surface area contributed by atoms with Gasteiger partial charge in [-0.15, -0.1) is 0 Å². The lowest BCUT2D eigenvalue weighted by Crippen LogP contribution is -2.46. The number of benzene rings is 1. The molecule has 1 aromatic rings. The molecule has 30 heavy (non-hydrogen) atoms. The third-order valence-electron chi connectivity index (χ3n) is 6.11. The smallest absolute Gasteiger partial charge is 0.315 e. The molecule has 1 atom stereocenters. The van der Waals surface area contributed by atoms with E-state index in [1.807, 2.05) is 4.90 Å². The Balaban J connectivity index is 1.41. The minimum Gasteiger partial charge on any atom is -0.454 e. The SMILES string of the molecule is CN1CCCCN(C(=O)C2CNC(=O)N2)CCCCCc2cc3c(cc2C1)OCO3. The van der Waals surface area contributed by atoms with Crippen molar-refractivity contribution >= 4 is 11.9 Å². The highest BCUT2D eigenvalue weighted by Crippen LogP contribution is 2.36. The number of carbonyl (C=O) groups is 2. The van der Waals surface area contributed by atoms with E-state index >= 15 is 0 Å². The summed E-state index contributed by atoms with van der Waals surface area (Å²) >= 11 is 0. The van der Waals surface area contributed by atoms with Crippen molar-refractivity contribution < 1.29 is 19.1 Å². The third-order valence-corrected chi connectivity index (χ3v) is 6.11. The Kier molecular flexibility index (Phi) is 6.62. The van der Waals surface area contributed by atoms with Crippen LogP contribution in [0.25, 0.3) is 0 Å². The fraction of sp³-hybridized carbons (Fsp3) is 0.636. The van der Waals surface area contributed by atoms with Crippen molar-refractivity contribution in [1.29, 1.82) is 0 Å². The van der Waals surface area contributed by atoms with Gasteiger partial charge in [-0.05, 0) is 69.0 Å². The molecule has 8 nitrogen and oxygen atoms in total. The van der Waals surface area contributed by atoms with Crippen molar-refractivity contribution in [3.8, 4) is 11.5 Å². The van der Waals surface area contributed by atoms with Gasteiger partial charge in [0.2, 0.25) is 12.7 Å². The summed E-state index contributed by atoms with van der Waals surface area (Å²) in [6.07, 6.45) is 6.08.